The molecule has 0 saturated carbocycles. The summed E-state index contributed by atoms with van der Waals surface area (Å²) in [6.07, 6.45) is 3.98. The number of aryl methyl sites for hydroxylation is 1. The molecular formula is C30H24Br2N2O3S. The molecule has 1 aliphatic rings. The van der Waals surface area contributed by atoms with Crippen molar-refractivity contribution in [2.45, 2.75) is 20.4 Å². The van der Waals surface area contributed by atoms with Crippen LogP contribution in [0.2, 0.25) is 0 Å². The predicted molar refractivity (Wildman–Crippen MR) is 163 cm³/mol. The van der Waals surface area contributed by atoms with Crippen molar-refractivity contribution in [3.8, 4) is 0 Å². The molecule has 2 heterocycles. The average molecular weight is 652 g/mol. The minimum Gasteiger partial charge on any atom is -0.506 e. The van der Waals surface area contributed by atoms with E-state index in [4.69, 9.17) is 4.74 Å². The lowest BCUT2D eigenvalue weighted by molar-refractivity contribution is -0.138. The van der Waals surface area contributed by atoms with Gasteiger partial charge in [-0.1, -0.05) is 73.5 Å². The molecule has 0 radical (unpaired) electrons. The van der Waals surface area contributed by atoms with Crippen LogP contribution in [0, 0.1) is 6.92 Å². The number of thioether (sulfide) groups is 1. The van der Waals surface area contributed by atoms with E-state index in [1.807, 2.05) is 55.5 Å². The van der Waals surface area contributed by atoms with Crippen LogP contribution >= 0.6 is 43.6 Å². The van der Waals surface area contributed by atoms with E-state index in [2.05, 4.69) is 71.9 Å². The van der Waals surface area contributed by atoms with E-state index in [0.717, 1.165) is 31.0 Å². The Hall–Kier alpha value is -3.07. The molecule has 0 fully saturated rings. The molecule has 4 aromatic rings. The fraction of sp³-hybridized carbons (Fsp3) is 0.133. The number of carbonyl (C=O) groups excluding carboxylic acids is 1. The maximum absolute atomic E-state index is 12.8. The second-order valence-electron chi connectivity index (χ2n) is 8.81. The van der Waals surface area contributed by atoms with Crippen LogP contribution in [0.4, 0.5) is 5.69 Å². The first-order valence-corrected chi connectivity index (χ1v) is 14.4. The number of benzene rings is 3. The Morgan fingerprint density at radius 3 is 2.47 bits per heavy atom. The van der Waals surface area contributed by atoms with Crippen LogP contribution in [-0.2, 0) is 16.1 Å². The van der Waals surface area contributed by atoms with Crippen LogP contribution in [-0.4, -0.2) is 27.3 Å². The van der Waals surface area contributed by atoms with Gasteiger partial charge in [0.2, 0.25) is 0 Å². The first-order chi connectivity index (χ1) is 18.3. The van der Waals surface area contributed by atoms with Gasteiger partial charge in [-0.15, -0.1) is 0 Å². The molecule has 38 heavy (non-hydrogen) atoms. The summed E-state index contributed by atoms with van der Waals surface area (Å²) in [7, 11) is 0. The third-order valence-electron chi connectivity index (χ3n) is 6.06. The molecular weight excluding hydrogens is 628 g/mol. The number of fused-ring (bicyclic) bond motifs is 1. The third-order valence-corrected chi connectivity index (χ3v) is 8.10. The molecule has 0 atom stereocenters. The number of nitrogens with zero attached hydrogens (tertiary/aromatic N) is 2. The van der Waals surface area contributed by atoms with Crippen LogP contribution in [0.3, 0.4) is 0 Å². The summed E-state index contributed by atoms with van der Waals surface area (Å²) in [4.78, 5) is 18.0. The molecule has 0 bridgehead atoms. The molecule has 0 amide bonds. The number of halogens is 2. The topological polar surface area (TPSA) is 63.8 Å². The molecule has 5 rings (SSSR count). The highest BCUT2D eigenvalue weighted by Gasteiger charge is 2.33. The number of aliphatic hydroxyl groups is 1. The Balaban J connectivity index is 1.58. The summed E-state index contributed by atoms with van der Waals surface area (Å²) >= 11 is 8.35. The summed E-state index contributed by atoms with van der Waals surface area (Å²) in [5.41, 5.74) is 5.05. The molecule has 8 heteroatoms. The summed E-state index contributed by atoms with van der Waals surface area (Å²) in [5.74, 6) is -0.713. The first-order valence-electron chi connectivity index (χ1n) is 12.0. The van der Waals surface area contributed by atoms with E-state index in [1.54, 1.807) is 6.92 Å². The lowest BCUT2D eigenvalue weighted by atomic mass is 10.1. The van der Waals surface area contributed by atoms with Gasteiger partial charge in [-0.3, -0.25) is 0 Å². The van der Waals surface area contributed by atoms with E-state index in [0.29, 0.717) is 22.2 Å². The van der Waals surface area contributed by atoms with Crippen LogP contribution in [0.5, 0.6) is 0 Å². The van der Waals surface area contributed by atoms with Crippen LogP contribution in [0.25, 0.3) is 17.0 Å². The van der Waals surface area contributed by atoms with Gasteiger partial charge in [0, 0.05) is 38.2 Å². The van der Waals surface area contributed by atoms with E-state index >= 15 is 0 Å². The number of aliphatic imine (C=N–C) groups is 1. The number of hydrogen-bond acceptors (Lipinski definition) is 5. The maximum Gasteiger partial charge on any atom is 0.344 e. The smallest absolute Gasteiger partial charge is 0.344 e. The highest BCUT2D eigenvalue weighted by Crippen LogP contribution is 2.41. The van der Waals surface area contributed by atoms with Gasteiger partial charge in [-0.25, -0.2) is 9.79 Å². The minimum atomic E-state index is -0.591. The van der Waals surface area contributed by atoms with Crippen molar-refractivity contribution < 1.29 is 14.6 Å². The van der Waals surface area contributed by atoms with Crippen molar-refractivity contribution >= 4 is 77.3 Å². The number of carbonyl (C=O) groups is 1. The van der Waals surface area contributed by atoms with Gasteiger partial charge >= 0.3 is 5.97 Å². The van der Waals surface area contributed by atoms with Crippen molar-refractivity contribution in [2.75, 3.05) is 6.61 Å². The van der Waals surface area contributed by atoms with Gasteiger partial charge < -0.3 is 14.4 Å². The summed E-state index contributed by atoms with van der Waals surface area (Å²) in [6, 6.07) is 22.1. The highest BCUT2D eigenvalue weighted by atomic mass is 79.9. The number of esters is 1. The Morgan fingerprint density at radius 1 is 1.05 bits per heavy atom. The van der Waals surface area contributed by atoms with Crippen molar-refractivity contribution in [3.05, 3.63) is 115 Å². The van der Waals surface area contributed by atoms with Crippen molar-refractivity contribution in [2.24, 2.45) is 4.99 Å². The molecule has 0 spiro atoms. The van der Waals surface area contributed by atoms with E-state index in [-0.39, 0.29) is 17.9 Å². The van der Waals surface area contributed by atoms with Gasteiger partial charge in [-0.05, 0) is 68.0 Å². The number of rotatable bonds is 6. The molecule has 0 saturated heterocycles. The standard InChI is InChI=1S/C30H24Br2N2O3S/c1-3-37-30(36)27-28(35)26(38-29(27)33-23-11-4-18(2)5-12-23)14-20-17-34(16-19-6-8-21(31)9-7-19)25-13-10-22(32)15-24(20)25/h4-15,17,35H,3,16H2,1-2H3/b26-14-,33-29?. The number of aliphatic hydroxyl groups excluding tert-OH is 1. The van der Waals surface area contributed by atoms with Gasteiger partial charge in [0.1, 0.15) is 16.4 Å². The Bertz CT molecular complexity index is 1620. The van der Waals surface area contributed by atoms with Crippen molar-refractivity contribution in [1.82, 2.24) is 4.57 Å². The molecule has 1 aliphatic heterocycles. The first kappa shape index (κ1) is 26.5. The van der Waals surface area contributed by atoms with E-state index < -0.39 is 5.97 Å². The zero-order chi connectivity index (χ0) is 26.8. The number of ether oxygens (including phenoxy) is 1. The fourth-order valence-corrected chi connectivity index (χ4v) is 5.85. The lowest BCUT2D eigenvalue weighted by Crippen LogP contribution is -2.12. The van der Waals surface area contributed by atoms with Crippen LogP contribution < -0.4 is 0 Å². The zero-order valence-corrected chi connectivity index (χ0v) is 24.7. The fourth-order valence-electron chi connectivity index (χ4n) is 4.20. The van der Waals surface area contributed by atoms with Gasteiger partial charge in [-0.2, -0.15) is 0 Å². The summed E-state index contributed by atoms with van der Waals surface area (Å²) < 4.78 is 9.43. The molecule has 0 unspecified atom stereocenters. The van der Waals surface area contributed by atoms with E-state index in [9.17, 15) is 9.90 Å². The van der Waals surface area contributed by atoms with Crippen LogP contribution in [0.1, 0.15) is 23.6 Å². The molecule has 1 aromatic heterocycles. The maximum atomic E-state index is 12.8. The van der Waals surface area contributed by atoms with Gasteiger partial charge in [0.25, 0.3) is 0 Å². The Labute approximate surface area is 242 Å². The summed E-state index contributed by atoms with van der Waals surface area (Å²) in [6.45, 7) is 4.64. The van der Waals surface area contributed by atoms with Crippen molar-refractivity contribution in [1.29, 1.82) is 0 Å². The molecule has 192 valence electrons. The minimum absolute atomic E-state index is 0.0865. The molecule has 3 aromatic carbocycles. The van der Waals surface area contributed by atoms with Gasteiger partial charge in [0.15, 0.2) is 0 Å². The monoisotopic (exact) mass is 650 g/mol. The van der Waals surface area contributed by atoms with Gasteiger partial charge in [0.05, 0.1) is 17.2 Å². The average Bonchev–Trinajstić information content (AvgIpc) is 3.38. The Morgan fingerprint density at radius 2 is 1.76 bits per heavy atom. The lowest BCUT2D eigenvalue weighted by Gasteiger charge is -2.06. The van der Waals surface area contributed by atoms with Crippen molar-refractivity contribution in [3.63, 3.8) is 0 Å². The van der Waals surface area contributed by atoms with Crippen LogP contribution in [0.15, 0.2) is 103 Å². The molecule has 5 nitrogen and oxygen atoms in total. The van der Waals surface area contributed by atoms with E-state index in [1.165, 1.54) is 17.3 Å². The number of aromatic nitrogens is 1. The number of hydrogen-bond donors (Lipinski definition) is 1. The molecule has 0 aliphatic carbocycles. The third kappa shape index (κ3) is 5.67. The second kappa shape index (κ2) is 11.4. The quantitative estimate of drug-likeness (QED) is 0.212. The highest BCUT2D eigenvalue weighted by molar-refractivity contribution is 9.10. The largest absolute Gasteiger partial charge is 0.506 e. The Kier molecular flexibility index (Phi) is 7.93. The normalized spacial score (nSPS) is 15.7. The second-order valence-corrected chi connectivity index (χ2v) is 11.7. The zero-order valence-electron chi connectivity index (χ0n) is 20.7. The summed E-state index contributed by atoms with van der Waals surface area (Å²) in [5, 5.41) is 12.6. The predicted octanol–water partition coefficient (Wildman–Crippen LogP) is 8.72. The molecule has 1 N–H and O–H groups in total. The SMILES string of the molecule is CCOC(=O)C1=C(O)/C(=C/c2cn(Cc3ccc(Br)cc3)c3ccc(Br)cc23)SC1=Nc1ccc(C)cc1.